The minimum atomic E-state index is -0.224. The third-order valence-electron chi connectivity index (χ3n) is 3.51. The zero-order valence-electron chi connectivity index (χ0n) is 11.5. The molecule has 0 spiro atoms. The second-order valence-corrected chi connectivity index (χ2v) is 5.89. The topological polar surface area (TPSA) is 32.3 Å². The van der Waals surface area contributed by atoms with Crippen molar-refractivity contribution >= 4 is 0 Å². The summed E-state index contributed by atoms with van der Waals surface area (Å²) < 4.78 is 0. The van der Waals surface area contributed by atoms with Gasteiger partial charge >= 0.3 is 0 Å². The molecule has 0 aliphatic heterocycles. The van der Waals surface area contributed by atoms with Gasteiger partial charge < -0.3 is 10.4 Å². The van der Waals surface area contributed by atoms with Crippen LogP contribution in [0.2, 0.25) is 0 Å². The van der Waals surface area contributed by atoms with Gasteiger partial charge in [-0.15, -0.1) is 0 Å². The first-order chi connectivity index (χ1) is 8.66. The van der Waals surface area contributed by atoms with Crippen molar-refractivity contribution in [1.29, 1.82) is 0 Å². The SMILES string of the molecule is CC(C)CC(O)CNCc1ccccc1C1CC1. The summed E-state index contributed by atoms with van der Waals surface area (Å²) in [6.45, 7) is 5.86. The number of hydrogen-bond donors (Lipinski definition) is 2. The number of aliphatic hydroxyl groups excluding tert-OH is 1. The summed E-state index contributed by atoms with van der Waals surface area (Å²) in [5.41, 5.74) is 2.90. The molecule has 2 rings (SSSR count). The molecule has 18 heavy (non-hydrogen) atoms. The van der Waals surface area contributed by atoms with Gasteiger partial charge in [-0.25, -0.2) is 0 Å². The molecule has 1 unspecified atom stereocenters. The quantitative estimate of drug-likeness (QED) is 0.776. The molecule has 1 aromatic carbocycles. The summed E-state index contributed by atoms with van der Waals surface area (Å²) in [4.78, 5) is 0. The maximum Gasteiger partial charge on any atom is 0.0667 e. The van der Waals surface area contributed by atoms with Crippen molar-refractivity contribution in [1.82, 2.24) is 5.32 Å². The molecule has 0 saturated heterocycles. The minimum absolute atomic E-state index is 0.224. The number of nitrogens with one attached hydrogen (secondary N) is 1. The molecule has 100 valence electrons. The van der Waals surface area contributed by atoms with E-state index in [0.717, 1.165) is 18.9 Å². The molecule has 1 fully saturated rings. The maximum absolute atomic E-state index is 9.83. The van der Waals surface area contributed by atoms with E-state index in [1.807, 2.05) is 0 Å². The van der Waals surface area contributed by atoms with Crippen LogP contribution in [-0.4, -0.2) is 17.8 Å². The highest BCUT2D eigenvalue weighted by Gasteiger charge is 2.25. The Labute approximate surface area is 110 Å². The summed E-state index contributed by atoms with van der Waals surface area (Å²) in [5, 5.41) is 13.2. The Morgan fingerprint density at radius 2 is 2.00 bits per heavy atom. The summed E-state index contributed by atoms with van der Waals surface area (Å²) in [7, 11) is 0. The van der Waals surface area contributed by atoms with Crippen LogP contribution in [0.4, 0.5) is 0 Å². The molecule has 1 aromatic rings. The Kier molecular flexibility index (Phi) is 4.79. The number of aliphatic hydroxyl groups is 1. The Morgan fingerprint density at radius 1 is 1.28 bits per heavy atom. The molecule has 2 heteroatoms. The number of benzene rings is 1. The molecule has 1 aliphatic carbocycles. The van der Waals surface area contributed by atoms with Crippen LogP contribution < -0.4 is 5.32 Å². The molecule has 1 aliphatic rings. The van der Waals surface area contributed by atoms with Crippen LogP contribution in [-0.2, 0) is 6.54 Å². The maximum atomic E-state index is 9.83. The lowest BCUT2D eigenvalue weighted by Crippen LogP contribution is -2.27. The highest BCUT2D eigenvalue weighted by molar-refractivity contribution is 5.33. The second kappa shape index (κ2) is 6.35. The first kappa shape index (κ1) is 13.6. The van der Waals surface area contributed by atoms with Crippen LogP contribution in [0.15, 0.2) is 24.3 Å². The average Bonchev–Trinajstić information content (AvgIpc) is 3.12. The highest BCUT2D eigenvalue weighted by Crippen LogP contribution is 2.41. The second-order valence-electron chi connectivity index (χ2n) is 5.89. The van der Waals surface area contributed by atoms with Gasteiger partial charge in [-0.05, 0) is 42.2 Å². The smallest absolute Gasteiger partial charge is 0.0667 e. The van der Waals surface area contributed by atoms with Crippen molar-refractivity contribution in [2.24, 2.45) is 5.92 Å². The Balaban J connectivity index is 1.79. The van der Waals surface area contributed by atoms with Crippen LogP contribution in [0.1, 0.15) is 50.2 Å². The largest absolute Gasteiger partial charge is 0.392 e. The molecule has 0 heterocycles. The van der Waals surface area contributed by atoms with Gasteiger partial charge in [-0.3, -0.25) is 0 Å². The van der Waals surface area contributed by atoms with Crippen LogP contribution in [0.3, 0.4) is 0 Å². The van der Waals surface area contributed by atoms with E-state index in [-0.39, 0.29) is 6.10 Å². The van der Waals surface area contributed by atoms with Gasteiger partial charge in [0.2, 0.25) is 0 Å². The molecule has 2 nitrogen and oxygen atoms in total. The molecular weight excluding hydrogens is 222 g/mol. The summed E-state index contributed by atoms with van der Waals surface area (Å²) in [6.07, 6.45) is 3.33. The fourth-order valence-electron chi connectivity index (χ4n) is 2.49. The number of hydrogen-bond acceptors (Lipinski definition) is 2. The number of rotatable bonds is 7. The van der Waals surface area contributed by atoms with E-state index in [1.165, 1.54) is 24.0 Å². The zero-order chi connectivity index (χ0) is 13.0. The van der Waals surface area contributed by atoms with Gasteiger partial charge in [0, 0.05) is 13.1 Å². The molecule has 0 amide bonds. The molecule has 0 aromatic heterocycles. The molecule has 1 atom stereocenters. The van der Waals surface area contributed by atoms with Gasteiger partial charge in [0.15, 0.2) is 0 Å². The third kappa shape index (κ3) is 4.11. The lowest BCUT2D eigenvalue weighted by atomic mass is 10.0. The van der Waals surface area contributed by atoms with Gasteiger partial charge in [0.25, 0.3) is 0 Å². The molecule has 2 N–H and O–H groups in total. The summed E-state index contributed by atoms with van der Waals surface area (Å²) >= 11 is 0. The standard InChI is InChI=1S/C16H25NO/c1-12(2)9-15(18)11-17-10-14-5-3-4-6-16(14)13-7-8-13/h3-6,12-13,15,17-18H,7-11H2,1-2H3. The lowest BCUT2D eigenvalue weighted by molar-refractivity contribution is 0.146. The summed E-state index contributed by atoms with van der Waals surface area (Å²) in [5.74, 6) is 1.35. The van der Waals surface area contributed by atoms with Crippen molar-refractivity contribution in [3.8, 4) is 0 Å². The fourth-order valence-corrected chi connectivity index (χ4v) is 2.49. The first-order valence-corrected chi connectivity index (χ1v) is 7.13. The monoisotopic (exact) mass is 247 g/mol. The van der Waals surface area contributed by atoms with Crippen molar-refractivity contribution in [3.05, 3.63) is 35.4 Å². The van der Waals surface area contributed by atoms with Crippen molar-refractivity contribution in [2.45, 2.75) is 51.7 Å². The average molecular weight is 247 g/mol. The van der Waals surface area contributed by atoms with Crippen molar-refractivity contribution in [2.75, 3.05) is 6.54 Å². The highest BCUT2D eigenvalue weighted by atomic mass is 16.3. The summed E-state index contributed by atoms with van der Waals surface area (Å²) in [6, 6.07) is 8.69. The van der Waals surface area contributed by atoms with E-state index in [2.05, 4.69) is 43.4 Å². The Morgan fingerprint density at radius 3 is 2.67 bits per heavy atom. The van der Waals surface area contributed by atoms with Gasteiger partial charge in [0.05, 0.1) is 6.10 Å². The van der Waals surface area contributed by atoms with Gasteiger partial charge in [-0.1, -0.05) is 38.1 Å². The lowest BCUT2D eigenvalue weighted by Gasteiger charge is -2.15. The minimum Gasteiger partial charge on any atom is -0.392 e. The first-order valence-electron chi connectivity index (χ1n) is 7.13. The normalized spacial score (nSPS) is 17.1. The molecule has 1 saturated carbocycles. The van der Waals surface area contributed by atoms with Crippen LogP contribution in [0.5, 0.6) is 0 Å². The van der Waals surface area contributed by atoms with Crippen LogP contribution in [0, 0.1) is 5.92 Å². The van der Waals surface area contributed by atoms with E-state index >= 15 is 0 Å². The zero-order valence-corrected chi connectivity index (χ0v) is 11.5. The molecular formula is C16H25NO. The Hall–Kier alpha value is -0.860. The predicted octanol–water partition coefficient (Wildman–Crippen LogP) is 3.06. The van der Waals surface area contributed by atoms with E-state index in [0.29, 0.717) is 12.5 Å². The molecule has 0 radical (unpaired) electrons. The van der Waals surface area contributed by atoms with Gasteiger partial charge in [0.1, 0.15) is 0 Å². The van der Waals surface area contributed by atoms with E-state index in [4.69, 9.17) is 0 Å². The molecule has 0 bridgehead atoms. The van der Waals surface area contributed by atoms with Crippen molar-refractivity contribution in [3.63, 3.8) is 0 Å². The Bertz CT molecular complexity index is 371. The third-order valence-corrected chi connectivity index (χ3v) is 3.51. The van der Waals surface area contributed by atoms with E-state index in [1.54, 1.807) is 0 Å². The van der Waals surface area contributed by atoms with Crippen molar-refractivity contribution < 1.29 is 5.11 Å². The van der Waals surface area contributed by atoms with Crippen LogP contribution >= 0.6 is 0 Å². The van der Waals surface area contributed by atoms with E-state index in [9.17, 15) is 5.11 Å². The van der Waals surface area contributed by atoms with E-state index < -0.39 is 0 Å². The van der Waals surface area contributed by atoms with Gasteiger partial charge in [-0.2, -0.15) is 0 Å². The van der Waals surface area contributed by atoms with Crippen LogP contribution in [0.25, 0.3) is 0 Å². The predicted molar refractivity (Wildman–Crippen MR) is 75.6 cm³/mol. The fraction of sp³-hybridized carbons (Fsp3) is 0.625.